The van der Waals surface area contributed by atoms with E-state index >= 15 is 0 Å². The van der Waals surface area contributed by atoms with Gasteiger partial charge in [-0.2, -0.15) is 18.4 Å². The molecule has 0 radical (unpaired) electrons. The normalized spacial score (nSPS) is 11.1. The average Bonchev–Trinajstić information content (AvgIpc) is 2.37. The van der Waals surface area contributed by atoms with Crippen molar-refractivity contribution in [3.05, 3.63) is 59.4 Å². The van der Waals surface area contributed by atoms with Gasteiger partial charge >= 0.3 is 6.18 Å². The van der Waals surface area contributed by atoms with Crippen molar-refractivity contribution in [1.82, 2.24) is 0 Å². The molecule has 0 heterocycles. The molecule has 0 fully saturated rings. The molecule has 1 nitrogen and oxygen atoms in total. The number of nitriles is 1. The summed E-state index contributed by atoms with van der Waals surface area (Å²) in [6.45, 7) is 0. The molecule has 0 aromatic heterocycles. The zero-order chi connectivity index (χ0) is 14.0. The Balaban J connectivity index is 2.61. The quantitative estimate of drug-likeness (QED) is 0.702. The Morgan fingerprint density at radius 2 is 1.63 bits per heavy atom. The Labute approximate surface area is 106 Å². The van der Waals surface area contributed by atoms with Crippen molar-refractivity contribution in [3.63, 3.8) is 0 Å². The number of hydrogen-bond donors (Lipinski definition) is 0. The largest absolute Gasteiger partial charge is 0.416 e. The van der Waals surface area contributed by atoms with Gasteiger partial charge in [-0.15, -0.1) is 0 Å². The minimum atomic E-state index is -4.53. The molecule has 0 saturated carbocycles. The summed E-state index contributed by atoms with van der Waals surface area (Å²) in [6, 6.07) is 9.96. The van der Waals surface area contributed by atoms with Crippen molar-refractivity contribution in [3.8, 4) is 17.2 Å². The van der Waals surface area contributed by atoms with E-state index in [-0.39, 0.29) is 16.7 Å². The Morgan fingerprint density at radius 1 is 0.947 bits per heavy atom. The van der Waals surface area contributed by atoms with E-state index in [1.165, 1.54) is 18.2 Å². The molecule has 19 heavy (non-hydrogen) atoms. The van der Waals surface area contributed by atoms with Crippen molar-refractivity contribution >= 4 is 0 Å². The second-order valence-electron chi connectivity index (χ2n) is 3.85. The molecule has 0 atom stereocenters. The fourth-order valence-electron chi connectivity index (χ4n) is 1.73. The second kappa shape index (κ2) is 4.73. The van der Waals surface area contributed by atoms with Crippen LogP contribution in [0.5, 0.6) is 0 Å². The maximum Gasteiger partial charge on any atom is 0.416 e. The van der Waals surface area contributed by atoms with E-state index in [0.29, 0.717) is 0 Å². The van der Waals surface area contributed by atoms with Crippen LogP contribution in [0.4, 0.5) is 17.6 Å². The van der Waals surface area contributed by atoms with Gasteiger partial charge in [0.25, 0.3) is 0 Å². The SMILES string of the molecule is N#Cc1cc(C(F)(F)F)ccc1-c1ccccc1F. The predicted molar refractivity (Wildman–Crippen MR) is 61.6 cm³/mol. The molecule has 2 aromatic rings. The summed E-state index contributed by atoms with van der Waals surface area (Å²) in [5.74, 6) is -0.584. The summed E-state index contributed by atoms with van der Waals surface area (Å²) < 4.78 is 51.2. The molecule has 0 N–H and O–H groups in total. The van der Waals surface area contributed by atoms with E-state index in [9.17, 15) is 17.6 Å². The first-order chi connectivity index (χ1) is 8.93. The first-order valence-electron chi connectivity index (χ1n) is 5.29. The fourth-order valence-corrected chi connectivity index (χ4v) is 1.73. The Morgan fingerprint density at radius 3 is 2.21 bits per heavy atom. The third-order valence-electron chi connectivity index (χ3n) is 2.63. The lowest BCUT2D eigenvalue weighted by molar-refractivity contribution is -0.137. The van der Waals surface area contributed by atoms with Gasteiger partial charge in [0.2, 0.25) is 0 Å². The second-order valence-corrected chi connectivity index (χ2v) is 3.85. The third-order valence-corrected chi connectivity index (χ3v) is 2.63. The van der Waals surface area contributed by atoms with E-state index in [4.69, 9.17) is 5.26 Å². The number of benzene rings is 2. The zero-order valence-electron chi connectivity index (χ0n) is 9.50. The first-order valence-corrected chi connectivity index (χ1v) is 5.29. The Hall–Kier alpha value is -2.35. The first kappa shape index (κ1) is 13.1. The summed E-state index contributed by atoms with van der Waals surface area (Å²) in [5.41, 5.74) is -0.884. The van der Waals surface area contributed by atoms with Crippen LogP contribution in [0, 0.1) is 17.1 Å². The van der Waals surface area contributed by atoms with Gasteiger partial charge in [-0.1, -0.05) is 24.3 Å². The summed E-state index contributed by atoms with van der Waals surface area (Å²) in [5, 5.41) is 8.92. The third kappa shape index (κ3) is 2.58. The molecule has 0 unspecified atom stereocenters. The monoisotopic (exact) mass is 265 g/mol. The minimum Gasteiger partial charge on any atom is -0.206 e. The number of rotatable bonds is 1. The molecule has 2 rings (SSSR count). The van der Waals surface area contributed by atoms with Gasteiger partial charge in [-0.05, 0) is 18.2 Å². The van der Waals surface area contributed by atoms with Crippen molar-refractivity contribution in [2.75, 3.05) is 0 Å². The highest BCUT2D eigenvalue weighted by Crippen LogP contribution is 2.33. The summed E-state index contributed by atoms with van der Waals surface area (Å²) in [7, 11) is 0. The maximum atomic E-state index is 13.6. The minimum absolute atomic E-state index is 0.104. The van der Waals surface area contributed by atoms with E-state index in [0.717, 1.165) is 18.2 Å². The highest BCUT2D eigenvalue weighted by atomic mass is 19.4. The highest BCUT2D eigenvalue weighted by molar-refractivity contribution is 5.71. The maximum absolute atomic E-state index is 13.6. The van der Waals surface area contributed by atoms with Gasteiger partial charge in [0, 0.05) is 11.1 Å². The van der Waals surface area contributed by atoms with Crippen molar-refractivity contribution in [2.24, 2.45) is 0 Å². The van der Waals surface area contributed by atoms with Crippen LogP contribution in [-0.4, -0.2) is 0 Å². The topological polar surface area (TPSA) is 23.8 Å². The molecule has 0 saturated heterocycles. The molecule has 96 valence electrons. The number of hydrogen-bond acceptors (Lipinski definition) is 1. The van der Waals surface area contributed by atoms with Crippen LogP contribution in [0.1, 0.15) is 11.1 Å². The number of alkyl halides is 3. The van der Waals surface area contributed by atoms with Gasteiger partial charge in [-0.3, -0.25) is 0 Å². The lowest BCUT2D eigenvalue weighted by Gasteiger charge is -2.10. The van der Waals surface area contributed by atoms with E-state index < -0.39 is 17.6 Å². The van der Waals surface area contributed by atoms with Gasteiger partial charge < -0.3 is 0 Å². The van der Waals surface area contributed by atoms with Gasteiger partial charge in [0.1, 0.15) is 5.82 Å². The molecule has 5 heteroatoms. The van der Waals surface area contributed by atoms with Crippen molar-refractivity contribution in [1.29, 1.82) is 5.26 Å². The number of nitrogens with zero attached hydrogens (tertiary/aromatic N) is 1. The van der Waals surface area contributed by atoms with E-state index in [2.05, 4.69) is 0 Å². The van der Waals surface area contributed by atoms with E-state index in [1.807, 2.05) is 0 Å². The molecule has 2 aromatic carbocycles. The Bertz CT molecular complexity index is 653. The molecule has 0 amide bonds. The lowest BCUT2D eigenvalue weighted by atomic mass is 9.97. The van der Waals surface area contributed by atoms with E-state index in [1.54, 1.807) is 12.1 Å². The Kier molecular flexibility index (Phi) is 3.26. The smallest absolute Gasteiger partial charge is 0.206 e. The highest BCUT2D eigenvalue weighted by Gasteiger charge is 2.31. The molecule has 0 spiro atoms. The van der Waals surface area contributed by atoms with Crippen LogP contribution in [-0.2, 0) is 6.18 Å². The van der Waals surface area contributed by atoms with Crippen LogP contribution in [0.3, 0.4) is 0 Å². The fraction of sp³-hybridized carbons (Fsp3) is 0.0714. The van der Waals surface area contributed by atoms with Crippen LogP contribution >= 0.6 is 0 Å². The van der Waals surface area contributed by atoms with Gasteiger partial charge in [0.05, 0.1) is 17.2 Å². The summed E-state index contributed by atoms with van der Waals surface area (Å²) >= 11 is 0. The zero-order valence-corrected chi connectivity index (χ0v) is 9.50. The van der Waals surface area contributed by atoms with Crippen LogP contribution in [0.15, 0.2) is 42.5 Å². The van der Waals surface area contributed by atoms with Crippen molar-refractivity contribution < 1.29 is 17.6 Å². The molecule has 0 aliphatic carbocycles. The number of halogens is 4. The van der Waals surface area contributed by atoms with Crippen LogP contribution in [0.2, 0.25) is 0 Å². The predicted octanol–water partition coefficient (Wildman–Crippen LogP) is 4.38. The standard InChI is InChI=1S/C14H7F4N/c15-13-4-2-1-3-12(13)11-6-5-10(14(16,17)18)7-9(11)8-19/h1-7H. The molecule has 0 aliphatic rings. The molecular formula is C14H7F4N. The lowest BCUT2D eigenvalue weighted by Crippen LogP contribution is -2.05. The van der Waals surface area contributed by atoms with Crippen LogP contribution in [0.25, 0.3) is 11.1 Å². The molecular weight excluding hydrogens is 258 g/mol. The summed E-state index contributed by atoms with van der Waals surface area (Å²) in [4.78, 5) is 0. The molecule has 0 bridgehead atoms. The average molecular weight is 265 g/mol. The molecule has 0 aliphatic heterocycles. The van der Waals surface area contributed by atoms with Crippen LogP contribution < -0.4 is 0 Å². The van der Waals surface area contributed by atoms with Crippen molar-refractivity contribution in [2.45, 2.75) is 6.18 Å². The van der Waals surface area contributed by atoms with Gasteiger partial charge in [0.15, 0.2) is 0 Å². The van der Waals surface area contributed by atoms with Gasteiger partial charge in [-0.25, -0.2) is 4.39 Å². The summed E-state index contributed by atoms with van der Waals surface area (Å²) in [6.07, 6.45) is -4.53.